The first kappa shape index (κ1) is 14.7. The lowest BCUT2D eigenvalue weighted by Gasteiger charge is -2.14. The number of hydrogen-bond donors (Lipinski definition) is 2. The van der Waals surface area contributed by atoms with E-state index >= 15 is 0 Å². The molecule has 0 aromatic carbocycles. The predicted molar refractivity (Wildman–Crippen MR) is 77.7 cm³/mol. The number of nitrogens with zero attached hydrogens (tertiary/aromatic N) is 1. The summed E-state index contributed by atoms with van der Waals surface area (Å²) < 4.78 is 5.47. The number of aryl methyl sites for hydroxylation is 1. The van der Waals surface area contributed by atoms with Crippen molar-refractivity contribution in [2.45, 2.75) is 26.9 Å². The molecule has 108 valence electrons. The molecule has 1 amide bonds. The van der Waals surface area contributed by atoms with Crippen molar-refractivity contribution in [1.82, 2.24) is 10.3 Å². The molecule has 0 spiro atoms. The summed E-state index contributed by atoms with van der Waals surface area (Å²) in [5.74, 6) is 1.29. The Bertz CT molecular complexity index is 589. The van der Waals surface area contributed by atoms with Gasteiger partial charge >= 0.3 is 0 Å². The van der Waals surface area contributed by atoms with Gasteiger partial charge in [0.1, 0.15) is 11.5 Å². The smallest absolute Gasteiger partial charge is 0.270 e. The van der Waals surface area contributed by atoms with Crippen LogP contribution < -0.4 is 5.32 Å². The first-order valence-electron chi connectivity index (χ1n) is 6.46. The molecule has 2 heterocycles. The van der Waals surface area contributed by atoms with Crippen molar-refractivity contribution in [1.29, 1.82) is 0 Å². The van der Waals surface area contributed by atoms with Gasteiger partial charge in [-0.15, -0.1) is 11.3 Å². The van der Waals surface area contributed by atoms with Gasteiger partial charge in [0.15, 0.2) is 10.8 Å². The zero-order valence-electron chi connectivity index (χ0n) is 11.7. The van der Waals surface area contributed by atoms with Crippen LogP contribution in [-0.4, -0.2) is 28.6 Å². The van der Waals surface area contributed by atoms with Crippen LogP contribution in [-0.2, 0) is 0 Å². The largest absolute Gasteiger partial charge is 0.459 e. The number of hydrogen-bond acceptors (Lipinski definition) is 5. The van der Waals surface area contributed by atoms with E-state index in [-0.39, 0.29) is 18.4 Å². The molecule has 1 unspecified atom stereocenters. The topological polar surface area (TPSA) is 75.4 Å². The average Bonchev–Trinajstić information content (AvgIpc) is 3.03. The maximum Gasteiger partial charge on any atom is 0.270 e. The minimum absolute atomic E-state index is 0.104. The zero-order chi connectivity index (χ0) is 14.7. The number of aliphatic hydroxyl groups is 1. The molecule has 0 aliphatic carbocycles. The summed E-state index contributed by atoms with van der Waals surface area (Å²) in [6, 6.07) is 3.69. The SMILES string of the molecule is Cc1ccc(-c2nc(C(=O)NCC(O)C(C)C)cs2)o1. The van der Waals surface area contributed by atoms with Gasteiger partial charge in [0.05, 0.1) is 6.10 Å². The number of furan rings is 1. The molecule has 0 aliphatic heterocycles. The molecule has 6 heteroatoms. The molecule has 0 saturated heterocycles. The van der Waals surface area contributed by atoms with Crippen LogP contribution in [0.1, 0.15) is 30.1 Å². The fourth-order valence-electron chi connectivity index (χ4n) is 1.56. The Morgan fingerprint density at radius 1 is 1.50 bits per heavy atom. The van der Waals surface area contributed by atoms with E-state index in [4.69, 9.17) is 4.42 Å². The average molecular weight is 294 g/mol. The van der Waals surface area contributed by atoms with E-state index in [1.54, 1.807) is 5.38 Å². The highest BCUT2D eigenvalue weighted by Crippen LogP contribution is 2.25. The summed E-state index contributed by atoms with van der Waals surface area (Å²) >= 11 is 1.36. The molecule has 0 fully saturated rings. The molecule has 2 aromatic heterocycles. The van der Waals surface area contributed by atoms with Gasteiger partial charge in [0.2, 0.25) is 0 Å². The molecule has 20 heavy (non-hydrogen) atoms. The van der Waals surface area contributed by atoms with Gasteiger partial charge in [-0.2, -0.15) is 0 Å². The Morgan fingerprint density at radius 3 is 2.85 bits per heavy atom. The Labute approximate surface area is 121 Å². The van der Waals surface area contributed by atoms with Crippen LogP contribution in [0.4, 0.5) is 0 Å². The van der Waals surface area contributed by atoms with Gasteiger partial charge in [-0.3, -0.25) is 4.79 Å². The number of aromatic nitrogens is 1. The Morgan fingerprint density at radius 2 is 2.25 bits per heavy atom. The van der Waals surface area contributed by atoms with E-state index in [9.17, 15) is 9.90 Å². The van der Waals surface area contributed by atoms with E-state index in [1.807, 2.05) is 32.9 Å². The molecule has 0 aliphatic rings. The first-order valence-corrected chi connectivity index (χ1v) is 7.34. The van der Waals surface area contributed by atoms with E-state index < -0.39 is 6.10 Å². The third kappa shape index (κ3) is 3.46. The van der Waals surface area contributed by atoms with Crippen LogP contribution in [0.25, 0.3) is 10.8 Å². The molecule has 2 N–H and O–H groups in total. The second-order valence-electron chi connectivity index (χ2n) is 4.97. The number of nitrogens with one attached hydrogen (secondary N) is 1. The molecule has 0 radical (unpaired) electrons. The molecule has 0 saturated carbocycles. The molecular weight excluding hydrogens is 276 g/mol. The van der Waals surface area contributed by atoms with Crippen LogP contribution in [0, 0.1) is 12.8 Å². The van der Waals surface area contributed by atoms with Gasteiger partial charge in [0.25, 0.3) is 5.91 Å². The highest BCUT2D eigenvalue weighted by Gasteiger charge is 2.15. The number of amides is 1. The number of carbonyl (C=O) groups is 1. The van der Waals surface area contributed by atoms with Crippen LogP contribution >= 0.6 is 11.3 Å². The summed E-state index contributed by atoms with van der Waals surface area (Å²) in [5, 5.41) is 14.7. The van der Waals surface area contributed by atoms with E-state index in [0.717, 1.165) is 5.76 Å². The molecular formula is C14H18N2O3S. The maximum absolute atomic E-state index is 11.9. The van der Waals surface area contributed by atoms with Crippen molar-refractivity contribution in [2.24, 2.45) is 5.92 Å². The van der Waals surface area contributed by atoms with Gasteiger partial charge in [-0.25, -0.2) is 4.98 Å². The summed E-state index contributed by atoms with van der Waals surface area (Å²) in [6.45, 7) is 5.88. The lowest BCUT2D eigenvalue weighted by atomic mass is 10.1. The summed E-state index contributed by atoms with van der Waals surface area (Å²) in [4.78, 5) is 16.2. The molecule has 1 atom stereocenters. The monoisotopic (exact) mass is 294 g/mol. The summed E-state index contributed by atoms with van der Waals surface area (Å²) in [7, 11) is 0. The molecule has 2 aromatic rings. The van der Waals surface area contributed by atoms with Crippen molar-refractivity contribution in [3.05, 3.63) is 29.0 Å². The standard InChI is InChI=1S/C14H18N2O3S/c1-8(2)11(17)6-15-13(18)10-7-20-14(16-10)12-5-4-9(3)19-12/h4-5,7-8,11,17H,6H2,1-3H3,(H,15,18). The Hall–Kier alpha value is -1.66. The van der Waals surface area contributed by atoms with Crippen LogP contribution in [0.2, 0.25) is 0 Å². The van der Waals surface area contributed by atoms with Gasteiger partial charge < -0.3 is 14.8 Å². The van der Waals surface area contributed by atoms with Gasteiger partial charge in [-0.1, -0.05) is 13.8 Å². The zero-order valence-corrected chi connectivity index (χ0v) is 12.5. The normalized spacial score (nSPS) is 12.7. The highest BCUT2D eigenvalue weighted by atomic mass is 32.1. The number of rotatable bonds is 5. The number of carbonyl (C=O) groups excluding carboxylic acids is 1. The van der Waals surface area contributed by atoms with Crippen LogP contribution in [0.3, 0.4) is 0 Å². The minimum atomic E-state index is -0.551. The highest BCUT2D eigenvalue weighted by molar-refractivity contribution is 7.13. The van der Waals surface area contributed by atoms with Crippen molar-refractivity contribution in [3.8, 4) is 10.8 Å². The summed E-state index contributed by atoms with van der Waals surface area (Å²) in [6.07, 6.45) is -0.551. The number of thiazole rings is 1. The van der Waals surface area contributed by atoms with Crippen molar-refractivity contribution in [2.75, 3.05) is 6.54 Å². The summed E-state index contributed by atoms with van der Waals surface area (Å²) in [5.41, 5.74) is 0.343. The third-order valence-corrected chi connectivity index (χ3v) is 3.79. The third-order valence-electron chi connectivity index (χ3n) is 2.93. The fourth-order valence-corrected chi connectivity index (χ4v) is 2.32. The second kappa shape index (κ2) is 6.19. The van der Waals surface area contributed by atoms with Crippen molar-refractivity contribution < 1.29 is 14.3 Å². The predicted octanol–water partition coefficient (Wildman–Crippen LogP) is 2.46. The molecule has 5 nitrogen and oxygen atoms in total. The molecule has 2 rings (SSSR count). The van der Waals surface area contributed by atoms with E-state index in [0.29, 0.717) is 16.5 Å². The first-order chi connectivity index (χ1) is 9.47. The van der Waals surface area contributed by atoms with Crippen molar-refractivity contribution in [3.63, 3.8) is 0 Å². The van der Waals surface area contributed by atoms with Gasteiger partial charge in [-0.05, 0) is 25.0 Å². The Kier molecular flexibility index (Phi) is 4.57. The van der Waals surface area contributed by atoms with Crippen LogP contribution in [0.15, 0.2) is 21.9 Å². The second-order valence-corrected chi connectivity index (χ2v) is 5.83. The minimum Gasteiger partial charge on any atom is -0.459 e. The maximum atomic E-state index is 11.9. The Balaban J connectivity index is 2.00. The lowest BCUT2D eigenvalue weighted by molar-refractivity contribution is 0.0868. The van der Waals surface area contributed by atoms with Crippen LogP contribution in [0.5, 0.6) is 0 Å². The molecule has 0 bridgehead atoms. The quantitative estimate of drug-likeness (QED) is 0.888. The lowest BCUT2D eigenvalue weighted by Crippen LogP contribution is -2.34. The van der Waals surface area contributed by atoms with Gasteiger partial charge in [0, 0.05) is 11.9 Å². The number of aliphatic hydroxyl groups excluding tert-OH is 1. The van der Waals surface area contributed by atoms with E-state index in [1.165, 1.54) is 11.3 Å². The fraction of sp³-hybridized carbons (Fsp3) is 0.429. The van der Waals surface area contributed by atoms with E-state index in [2.05, 4.69) is 10.3 Å². The van der Waals surface area contributed by atoms with Crippen molar-refractivity contribution >= 4 is 17.2 Å².